The Morgan fingerprint density at radius 1 is 0.684 bits per heavy atom. The van der Waals surface area contributed by atoms with E-state index in [2.05, 4.69) is 64.5 Å². The van der Waals surface area contributed by atoms with Gasteiger partial charge in [0.15, 0.2) is 0 Å². The summed E-state index contributed by atoms with van der Waals surface area (Å²) in [5, 5.41) is 8.77. The molecule has 2 saturated carbocycles. The third-order valence-electron chi connectivity index (χ3n) is 12.7. The Kier molecular flexibility index (Phi) is 12.0. The van der Waals surface area contributed by atoms with E-state index in [1.54, 1.807) is 0 Å². The number of carbonyl (C=O) groups is 4. The van der Waals surface area contributed by atoms with Crippen LogP contribution in [0.2, 0.25) is 0 Å². The van der Waals surface area contributed by atoms with Gasteiger partial charge in [-0.25, -0.2) is 9.59 Å². The van der Waals surface area contributed by atoms with Crippen LogP contribution in [0.3, 0.4) is 0 Å². The van der Waals surface area contributed by atoms with Crippen LogP contribution >= 0.6 is 0 Å². The number of methoxy groups -OCH3 is 2. The molecule has 2 aliphatic carbocycles. The second kappa shape index (κ2) is 17.1. The van der Waals surface area contributed by atoms with Crippen LogP contribution in [-0.2, 0) is 19.1 Å². The van der Waals surface area contributed by atoms with Gasteiger partial charge < -0.3 is 30.3 Å². The average Bonchev–Trinajstić information content (AvgIpc) is 4.07. The first kappa shape index (κ1) is 40.0. The van der Waals surface area contributed by atoms with Crippen LogP contribution in [0.5, 0.6) is 0 Å². The number of benzene rings is 2. The predicted molar refractivity (Wildman–Crippen MR) is 221 cm³/mol. The zero-order chi connectivity index (χ0) is 40.4. The van der Waals surface area contributed by atoms with Crippen LogP contribution in [-0.4, -0.2) is 85.3 Å². The molecule has 57 heavy (non-hydrogen) atoms. The lowest BCUT2D eigenvalue weighted by Gasteiger charge is -2.34. The van der Waals surface area contributed by atoms with E-state index in [1.165, 1.54) is 19.8 Å². The van der Waals surface area contributed by atoms with Gasteiger partial charge in [-0.15, -0.1) is 0 Å². The Morgan fingerprint density at radius 2 is 1.19 bits per heavy atom. The summed E-state index contributed by atoms with van der Waals surface area (Å²) >= 11 is 0. The second-order valence-electron chi connectivity index (χ2n) is 16.9. The summed E-state index contributed by atoms with van der Waals surface area (Å²) in [4.78, 5) is 62.6. The molecule has 3 aliphatic heterocycles. The maximum Gasteiger partial charge on any atom is 0.407 e. The number of aliphatic imine (C=N–C) groups is 2. The fraction of sp³-hybridized carbons (Fsp3) is 0.511. The van der Waals surface area contributed by atoms with Crippen molar-refractivity contribution < 1.29 is 28.7 Å². The molecule has 12 nitrogen and oxygen atoms in total. The molecule has 0 aromatic heterocycles. The Morgan fingerprint density at radius 3 is 1.75 bits per heavy atom. The minimum absolute atomic E-state index is 0.00729. The predicted octanol–water partition coefficient (Wildman–Crippen LogP) is 7.01. The zero-order valence-electron chi connectivity index (χ0n) is 33.9. The number of alkyl carbamates (subject to hydrolysis) is 2. The van der Waals surface area contributed by atoms with Gasteiger partial charge in [-0.2, -0.15) is 0 Å². The van der Waals surface area contributed by atoms with Crippen molar-refractivity contribution in [1.82, 2.24) is 20.9 Å². The molecule has 0 spiro atoms. The standard InChI is InChI=1S/C45H56N6O6/c1-25(2)39(49-44(54)56-5)42(52)48-41-32-18-17-31(20-32)38(41)36-22-34(24-47-36)30-15-11-28(12-16-30)27-9-13-29(14-10-27)33-21-35(46-23-33)37-8-7-19-51(37)43(53)40(26(3)4)50-45(55)57-6/h9-16,23-26,31-32,37-41H,7-8,17-22H2,1-6H3,(H,48,52)(H,49,54)(H,50,55)/t31?,32?,37-,38?,39-,40-,41-/m0/s1. The number of hydrogen-bond donors (Lipinski definition) is 3. The van der Waals surface area contributed by atoms with Gasteiger partial charge in [-0.1, -0.05) is 76.2 Å². The van der Waals surface area contributed by atoms with Gasteiger partial charge in [-0.05, 0) is 89.2 Å². The fourth-order valence-electron chi connectivity index (χ4n) is 9.62. The molecule has 3 heterocycles. The third-order valence-corrected chi connectivity index (χ3v) is 12.7. The summed E-state index contributed by atoms with van der Waals surface area (Å²) in [5.74, 6) is 0.691. The van der Waals surface area contributed by atoms with Crippen LogP contribution < -0.4 is 16.0 Å². The van der Waals surface area contributed by atoms with E-state index in [1.807, 2.05) is 45.0 Å². The summed E-state index contributed by atoms with van der Waals surface area (Å²) in [6, 6.07) is 15.8. The first-order chi connectivity index (χ1) is 27.4. The number of allylic oxidation sites excluding steroid dienone is 2. The van der Waals surface area contributed by atoms with Crippen LogP contribution in [0.4, 0.5) is 9.59 Å². The lowest BCUT2D eigenvalue weighted by molar-refractivity contribution is -0.134. The van der Waals surface area contributed by atoms with Crippen LogP contribution in [0, 0.1) is 29.6 Å². The van der Waals surface area contributed by atoms with E-state index in [0.717, 1.165) is 77.8 Å². The quantitative estimate of drug-likeness (QED) is 0.211. The number of ether oxygens (including phenoxy) is 2. The first-order valence-corrected chi connectivity index (χ1v) is 20.5. The van der Waals surface area contributed by atoms with E-state index in [-0.39, 0.29) is 41.7 Å². The van der Waals surface area contributed by atoms with Crippen LogP contribution in [0.1, 0.15) is 83.8 Å². The number of likely N-dealkylation sites (tertiary alicyclic amines) is 1. The molecule has 3 fully saturated rings. The lowest BCUT2D eigenvalue weighted by Crippen LogP contribution is -2.55. The monoisotopic (exact) mass is 776 g/mol. The third kappa shape index (κ3) is 8.41. The number of nitrogens with one attached hydrogen (secondary N) is 3. The van der Waals surface area contributed by atoms with E-state index in [4.69, 9.17) is 19.5 Å². The van der Waals surface area contributed by atoms with Crippen molar-refractivity contribution in [2.75, 3.05) is 20.8 Å². The molecule has 4 amide bonds. The Labute approximate surface area is 335 Å². The number of fused-ring (bicyclic) bond motifs is 2. The Balaban J connectivity index is 0.944. The van der Waals surface area contributed by atoms with E-state index < -0.39 is 24.3 Å². The van der Waals surface area contributed by atoms with E-state index in [9.17, 15) is 19.2 Å². The molecule has 2 bridgehead atoms. The average molecular weight is 777 g/mol. The van der Waals surface area contributed by atoms with Gasteiger partial charge in [0, 0.05) is 55.2 Å². The molecular formula is C45H56N6O6. The van der Waals surface area contributed by atoms with Crippen LogP contribution in [0.15, 0.2) is 70.9 Å². The summed E-state index contributed by atoms with van der Waals surface area (Å²) < 4.78 is 9.55. The van der Waals surface area contributed by atoms with E-state index in [0.29, 0.717) is 24.8 Å². The summed E-state index contributed by atoms with van der Waals surface area (Å²) in [5.41, 5.74) is 8.91. The highest BCUT2D eigenvalue weighted by atomic mass is 16.5. The number of rotatable bonds is 12. The molecule has 0 radical (unpaired) electrons. The van der Waals surface area contributed by atoms with Gasteiger partial charge in [0.2, 0.25) is 11.8 Å². The minimum Gasteiger partial charge on any atom is -0.453 e. The molecule has 1 saturated heterocycles. The Hall–Kier alpha value is -5.26. The van der Waals surface area contributed by atoms with Gasteiger partial charge in [-0.3, -0.25) is 19.6 Å². The van der Waals surface area contributed by atoms with Crippen molar-refractivity contribution in [3.05, 3.63) is 72.1 Å². The molecular weight excluding hydrogens is 721 g/mol. The topological polar surface area (TPSA) is 151 Å². The van der Waals surface area contributed by atoms with Gasteiger partial charge >= 0.3 is 12.2 Å². The lowest BCUT2D eigenvalue weighted by atomic mass is 9.79. The normalized spacial score (nSPS) is 24.8. The van der Waals surface area contributed by atoms with Crippen molar-refractivity contribution in [3.63, 3.8) is 0 Å². The van der Waals surface area contributed by atoms with E-state index >= 15 is 0 Å². The Bertz CT molecular complexity index is 1980. The number of nitrogens with zero attached hydrogens (tertiary/aromatic N) is 3. The van der Waals surface area contributed by atoms with Crippen molar-refractivity contribution in [2.24, 2.45) is 39.6 Å². The van der Waals surface area contributed by atoms with Crippen molar-refractivity contribution in [1.29, 1.82) is 0 Å². The van der Waals surface area contributed by atoms with Crippen molar-refractivity contribution in [3.8, 4) is 11.1 Å². The molecule has 5 aliphatic rings. The summed E-state index contributed by atoms with van der Waals surface area (Å²) in [6.45, 7) is 8.33. The van der Waals surface area contributed by atoms with Gasteiger partial charge in [0.25, 0.3) is 0 Å². The highest BCUT2D eigenvalue weighted by Crippen LogP contribution is 2.50. The molecule has 3 unspecified atom stereocenters. The highest BCUT2D eigenvalue weighted by Gasteiger charge is 2.51. The number of amides is 4. The summed E-state index contributed by atoms with van der Waals surface area (Å²) in [7, 11) is 2.61. The maximum absolute atomic E-state index is 13.6. The largest absolute Gasteiger partial charge is 0.453 e. The maximum atomic E-state index is 13.6. The molecule has 302 valence electrons. The molecule has 3 N–H and O–H groups in total. The first-order valence-electron chi connectivity index (χ1n) is 20.5. The van der Waals surface area contributed by atoms with Crippen LogP contribution in [0.25, 0.3) is 22.3 Å². The number of hydrogen-bond acceptors (Lipinski definition) is 8. The SMILES string of the molecule is COC(=O)N[C@H](C(=O)N[C@H]1C2CCC(C2)C1C1=NC=C(c2ccc(-c3ccc(C4=CN=C([C@@H]5CCCN5C(=O)[C@@H](NC(=O)OC)C(C)C)C4)cc3)cc2)C1)C(C)C. The molecule has 7 rings (SSSR count). The van der Waals surface area contributed by atoms with Gasteiger partial charge in [0.05, 0.1) is 20.3 Å². The molecule has 2 aromatic rings. The van der Waals surface area contributed by atoms with Gasteiger partial charge in [0.1, 0.15) is 12.1 Å². The molecule has 2 aromatic carbocycles. The highest BCUT2D eigenvalue weighted by molar-refractivity contribution is 6.04. The molecule has 7 atom stereocenters. The fourth-order valence-corrected chi connectivity index (χ4v) is 9.62. The summed E-state index contributed by atoms with van der Waals surface area (Å²) in [6.07, 6.45) is 9.25. The van der Waals surface area contributed by atoms with Crippen molar-refractivity contribution in [2.45, 2.75) is 96.8 Å². The minimum atomic E-state index is -0.665. The second-order valence-corrected chi connectivity index (χ2v) is 16.9. The van der Waals surface area contributed by atoms with Crippen molar-refractivity contribution >= 4 is 46.6 Å². The smallest absolute Gasteiger partial charge is 0.407 e. The zero-order valence-corrected chi connectivity index (χ0v) is 33.9. The molecule has 12 heteroatoms. The number of carbonyl (C=O) groups excluding carboxylic acids is 4.